The molecule has 1 saturated heterocycles. The van der Waals surface area contributed by atoms with Gasteiger partial charge in [0.25, 0.3) is 5.91 Å². The summed E-state index contributed by atoms with van der Waals surface area (Å²) in [4.78, 5) is 14.1. The number of carbonyl (C=O) groups is 1. The maximum Gasteiger partial charge on any atom is 0.256 e. The Balaban J connectivity index is 1.61. The largest absolute Gasteiger partial charge is 0.379 e. The Hall–Kier alpha value is -2.32. The van der Waals surface area contributed by atoms with E-state index in [1.54, 1.807) is 6.07 Å². The monoisotopic (exact) mass is 351 g/mol. The summed E-state index contributed by atoms with van der Waals surface area (Å²) in [5, 5.41) is 17.4. The number of halogens is 2. The Bertz CT molecular complexity index is 739. The van der Waals surface area contributed by atoms with Crippen LogP contribution >= 0.6 is 0 Å². The zero-order chi connectivity index (χ0) is 17.9. The molecule has 0 aliphatic carbocycles. The van der Waals surface area contributed by atoms with Crippen LogP contribution < -0.4 is 5.32 Å². The minimum Gasteiger partial charge on any atom is -0.379 e. The van der Waals surface area contributed by atoms with E-state index in [1.807, 2.05) is 0 Å². The lowest BCUT2D eigenvalue weighted by molar-refractivity contribution is -0.157. The maximum atomic E-state index is 13.3. The van der Waals surface area contributed by atoms with E-state index in [0.29, 0.717) is 37.2 Å². The van der Waals surface area contributed by atoms with Crippen molar-refractivity contribution in [2.24, 2.45) is 0 Å². The van der Waals surface area contributed by atoms with Crippen LogP contribution in [-0.4, -0.2) is 39.8 Å². The number of hydrogen-bond donors (Lipinski definition) is 2. The van der Waals surface area contributed by atoms with Gasteiger partial charge in [0.05, 0.1) is 5.69 Å². The summed E-state index contributed by atoms with van der Waals surface area (Å²) in [6.07, 6.45) is 2.41. The SMILES string of the molecule is O=C1N(Cc2ccc(F)c(F)c2)CCC[C@@]1(O)CNCc1ccon1. The van der Waals surface area contributed by atoms with E-state index in [-0.39, 0.29) is 13.1 Å². The fourth-order valence-electron chi connectivity index (χ4n) is 2.96. The predicted molar refractivity (Wildman–Crippen MR) is 84.2 cm³/mol. The van der Waals surface area contributed by atoms with Crippen LogP contribution in [0, 0.1) is 11.6 Å². The number of benzene rings is 1. The number of hydrogen-bond acceptors (Lipinski definition) is 5. The van der Waals surface area contributed by atoms with Gasteiger partial charge in [0, 0.05) is 32.2 Å². The van der Waals surface area contributed by atoms with Crippen LogP contribution in [0.15, 0.2) is 35.1 Å². The Kier molecular flexibility index (Phi) is 5.10. The van der Waals surface area contributed by atoms with Crippen LogP contribution in [-0.2, 0) is 17.9 Å². The minimum atomic E-state index is -1.53. The fraction of sp³-hybridized carbons (Fsp3) is 0.412. The molecule has 2 aromatic rings. The quantitative estimate of drug-likeness (QED) is 0.826. The molecule has 8 heteroatoms. The standard InChI is InChI=1S/C17H19F2N3O3/c18-14-3-2-12(8-15(14)19)10-22-6-1-5-17(24,16(22)23)11-20-9-13-4-7-25-21-13/h2-4,7-8,20,24H,1,5-6,9-11H2/t17-/m1/s1. The van der Waals surface area contributed by atoms with Crippen molar-refractivity contribution in [2.75, 3.05) is 13.1 Å². The van der Waals surface area contributed by atoms with E-state index in [4.69, 9.17) is 4.52 Å². The molecule has 0 radical (unpaired) electrons. The molecule has 1 aromatic heterocycles. The summed E-state index contributed by atoms with van der Waals surface area (Å²) in [6.45, 7) is 1.04. The maximum absolute atomic E-state index is 13.3. The number of aromatic nitrogens is 1. The molecule has 1 atom stereocenters. The van der Waals surface area contributed by atoms with Gasteiger partial charge in [-0.3, -0.25) is 4.79 Å². The van der Waals surface area contributed by atoms with Gasteiger partial charge in [0.1, 0.15) is 6.26 Å². The van der Waals surface area contributed by atoms with Crippen molar-refractivity contribution in [3.05, 3.63) is 53.4 Å². The average molecular weight is 351 g/mol. The second kappa shape index (κ2) is 7.28. The van der Waals surface area contributed by atoms with Crippen LogP contribution in [0.5, 0.6) is 0 Å². The molecule has 2 N–H and O–H groups in total. The third-order valence-electron chi connectivity index (χ3n) is 4.28. The van der Waals surface area contributed by atoms with Crippen LogP contribution in [0.25, 0.3) is 0 Å². The number of aliphatic hydroxyl groups is 1. The van der Waals surface area contributed by atoms with Crippen molar-refractivity contribution in [1.29, 1.82) is 0 Å². The summed E-state index contributed by atoms with van der Waals surface area (Å²) in [6, 6.07) is 5.22. The molecule has 0 spiro atoms. The van der Waals surface area contributed by atoms with Gasteiger partial charge in [-0.1, -0.05) is 11.2 Å². The molecule has 6 nitrogen and oxygen atoms in total. The molecule has 2 heterocycles. The van der Waals surface area contributed by atoms with E-state index in [1.165, 1.54) is 17.2 Å². The van der Waals surface area contributed by atoms with Crippen molar-refractivity contribution in [3.8, 4) is 0 Å². The van der Waals surface area contributed by atoms with E-state index < -0.39 is 23.1 Å². The normalized spacial score (nSPS) is 20.9. The van der Waals surface area contributed by atoms with Crippen molar-refractivity contribution in [3.63, 3.8) is 0 Å². The van der Waals surface area contributed by atoms with E-state index in [2.05, 4.69) is 10.5 Å². The minimum absolute atomic E-state index is 0.0764. The lowest BCUT2D eigenvalue weighted by Crippen LogP contribution is -2.57. The number of carbonyl (C=O) groups excluding carboxylic acids is 1. The molecule has 25 heavy (non-hydrogen) atoms. The lowest BCUT2D eigenvalue weighted by atomic mass is 9.91. The van der Waals surface area contributed by atoms with Gasteiger partial charge >= 0.3 is 0 Å². The first-order chi connectivity index (χ1) is 12.0. The molecule has 1 aromatic carbocycles. The van der Waals surface area contributed by atoms with Crippen molar-refractivity contribution < 1.29 is 23.2 Å². The zero-order valence-electron chi connectivity index (χ0n) is 13.5. The number of nitrogens with zero attached hydrogens (tertiary/aromatic N) is 2. The summed E-state index contributed by atoms with van der Waals surface area (Å²) >= 11 is 0. The molecule has 3 rings (SSSR count). The third kappa shape index (κ3) is 4.02. The molecular weight excluding hydrogens is 332 g/mol. The van der Waals surface area contributed by atoms with Gasteiger partial charge in [-0.2, -0.15) is 0 Å². The Labute approximate surface area is 143 Å². The third-order valence-corrected chi connectivity index (χ3v) is 4.28. The van der Waals surface area contributed by atoms with Gasteiger partial charge in [-0.05, 0) is 30.5 Å². The van der Waals surface area contributed by atoms with Crippen LogP contribution in [0.1, 0.15) is 24.1 Å². The molecule has 134 valence electrons. The number of rotatable bonds is 6. The summed E-state index contributed by atoms with van der Waals surface area (Å²) < 4.78 is 31.1. The lowest BCUT2D eigenvalue weighted by Gasteiger charge is -2.38. The summed E-state index contributed by atoms with van der Waals surface area (Å²) in [7, 11) is 0. The Morgan fingerprint density at radius 3 is 2.88 bits per heavy atom. The molecule has 0 saturated carbocycles. The molecule has 1 fully saturated rings. The smallest absolute Gasteiger partial charge is 0.256 e. The van der Waals surface area contributed by atoms with E-state index in [0.717, 1.165) is 12.1 Å². The van der Waals surface area contributed by atoms with Gasteiger partial charge in [0.2, 0.25) is 0 Å². The average Bonchev–Trinajstić information content (AvgIpc) is 3.09. The second-order valence-corrected chi connectivity index (χ2v) is 6.20. The predicted octanol–water partition coefficient (Wildman–Crippen LogP) is 1.60. The first-order valence-electron chi connectivity index (χ1n) is 8.04. The summed E-state index contributed by atoms with van der Waals surface area (Å²) in [5.74, 6) is -2.30. The van der Waals surface area contributed by atoms with Crippen molar-refractivity contribution in [1.82, 2.24) is 15.4 Å². The summed E-state index contributed by atoms with van der Waals surface area (Å²) in [5.41, 5.74) is -0.377. The Morgan fingerprint density at radius 1 is 1.32 bits per heavy atom. The van der Waals surface area contributed by atoms with Gasteiger partial charge in [0.15, 0.2) is 17.2 Å². The number of nitrogens with one attached hydrogen (secondary N) is 1. The van der Waals surface area contributed by atoms with Crippen LogP contribution in [0.2, 0.25) is 0 Å². The van der Waals surface area contributed by atoms with E-state index in [9.17, 15) is 18.7 Å². The molecular formula is C17H19F2N3O3. The number of likely N-dealkylation sites (tertiary alicyclic amines) is 1. The van der Waals surface area contributed by atoms with Gasteiger partial charge in [-0.15, -0.1) is 0 Å². The zero-order valence-corrected chi connectivity index (χ0v) is 13.5. The number of piperidine rings is 1. The first kappa shape index (κ1) is 17.5. The second-order valence-electron chi connectivity index (χ2n) is 6.20. The van der Waals surface area contributed by atoms with Gasteiger partial charge < -0.3 is 19.8 Å². The molecule has 0 bridgehead atoms. The van der Waals surface area contributed by atoms with Crippen LogP contribution in [0.3, 0.4) is 0 Å². The highest BCUT2D eigenvalue weighted by Gasteiger charge is 2.41. The first-order valence-corrected chi connectivity index (χ1v) is 8.04. The van der Waals surface area contributed by atoms with E-state index >= 15 is 0 Å². The number of amides is 1. The topological polar surface area (TPSA) is 78.6 Å². The van der Waals surface area contributed by atoms with Crippen molar-refractivity contribution in [2.45, 2.75) is 31.5 Å². The van der Waals surface area contributed by atoms with Crippen molar-refractivity contribution >= 4 is 5.91 Å². The highest BCUT2D eigenvalue weighted by molar-refractivity contribution is 5.86. The molecule has 1 aliphatic rings. The molecule has 0 unspecified atom stereocenters. The highest BCUT2D eigenvalue weighted by Crippen LogP contribution is 2.24. The van der Waals surface area contributed by atoms with Crippen LogP contribution in [0.4, 0.5) is 8.78 Å². The molecule has 1 amide bonds. The molecule has 1 aliphatic heterocycles. The highest BCUT2D eigenvalue weighted by atomic mass is 19.2. The fourth-order valence-corrected chi connectivity index (χ4v) is 2.96. The van der Waals surface area contributed by atoms with Gasteiger partial charge in [-0.25, -0.2) is 8.78 Å². The Morgan fingerprint density at radius 2 is 2.16 bits per heavy atom.